The van der Waals surface area contributed by atoms with Crippen LogP contribution in [-0.2, 0) is 0 Å². The average Bonchev–Trinajstić information content (AvgIpc) is 2.56. The maximum Gasteiger partial charge on any atom is 0.298 e. The van der Waals surface area contributed by atoms with E-state index in [9.17, 15) is 13.2 Å². The molecule has 0 N–H and O–H groups in total. The maximum absolute atomic E-state index is 12.8. The first-order valence-corrected chi connectivity index (χ1v) is 4.72. The van der Waals surface area contributed by atoms with Gasteiger partial charge in [0.25, 0.3) is 11.9 Å². The highest BCUT2D eigenvalue weighted by atomic mass is 19.3. The van der Waals surface area contributed by atoms with Gasteiger partial charge in [0, 0.05) is 6.07 Å². The van der Waals surface area contributed by atoms with Crippen LogP contribution in [0.1, 0.15) is 0 Å². The van der Waals surface area contributed by atoms with E-state index < -0.39 is 24.8 Å². The molecule has 1 aromatic carbocycles. The summed E-state index contributed by atoms with van der Waals surface area (Å²) < 4.78 is 43.3. The third kappa shape index (κ3) is 1.41. The summed E-state index contributed by atoms with van der Waals surface area (Å²) in [6, 6.07) is 4.00. The number of nitrogens with zero attached hydrogens (tertiary/aromatic N) is 2. The van der Waals surface area contributed by atoms with E-state index in [1.807, 2.05) is 0 Å². The second-order valence-corrected chi connectivity index (χ2v) is 3.82. The number of hydrogen-bond donors (Lipinski definition) is 0. The molecule has 3 nitrogen and oxygen atoms in total. The highest BCUT2D eigenvalue weighted by molar-refractivity contribution is 5.74. The minimum atomic E-state index is -2.67. The van der Waals surface area contributed by atoms with E-state index in [0.29, 0.717) is 5.52 Å². The Morgan fingerprint density at radius 3 is 2.75 bits per heavy atom. The first-order chi connectivity index (χ1) is 7.53. The Bertz CT molecular complexity index is 544. The summed E-state index contributed by atoms with van der Waals surface area (Å²) in [6.45, 7) is -0.801. The molecular weight excluding hydrogens is 221 g/mol. The van der Waals surface area contributed by atoms with E-state index in [0.717, 1.165) is 0 Å². The molecule has 1 saturated heterocycles. The van der Waals surface area contributed by atoms with Crippen LogP contribution in [0.4, 0.5) is 19.2 Å². The van der Waals surface area contributed by atoms with E-state index in [1.54, 1.807) is 0 Å². The van der Waals surface area contributed by atoms with Gasteiger partial charge in [0.2, 0.25) is 0 Å². The van der Waals surface area contributed by atoms with Crippen LogP contribution < -0.4 is 4.90 Å². The van der Waals surface area contributed by atoms with Crippen LogP contribution >= 0.6 is 0 Å². The Balaban J connectivity index is 1.95. The fraction of sp³-hybridized carbons (Fsp3) is 0.300. The van der Waals surface area contributed by atoms with E-state index >= 15 is 0 Å². The monoisotopic (exact) mass is 228 g/mol. The summed E-state index contributed by atoms with van der Waals surface area (Å²) in [5.41, 5.74) is 0.733. The molecule has 0 unspecified atom stereocenters. The molecule has 0 aliphatic carbocycles. The summed E-state index contributed by atoms with van der Waals surface area (Å²) in [4.78, 5) is 5.32. The molecule has 6 heteroatoms. The van der Waals surface area contributed by atoms with Crippen LogP contribution in [0.2, 0.25) is 0 Å². The lowest BCUT2D eigenvalue weighted by molar-refractivity contribution is -0.0287. The number of alkyl halides is 2. The number of rotatable bonds is 1. The van der Waals surface area contributed by atoms with Crippen LogP contribution in [0.25, 0.3) is 11.1 Å². The largest absolute Gasteiger partial charge is 0.423 e. The lowest BCUT2D eigenvalue weighted by Gasteiger charge is -2.37. The molecule has 1 aromatic heterocycles. The topological polar surface area (TPSA) is 29.3 Å². The predicted molar refractivity (Wildman–Crippen MR) is 51.1 cm³/mol. The Hall–Kier alpha value is -1.72. The summed E-state index contributed by atoms with van der Waals surface area (Å²) in [6.07, 6.45) is 0. The number of aromatic nitrogens is 1. The van der Waals surface area contributed by atoms with Gasteiger partial charge >= 0.3 is 0 Å². The highest BCUT2D eigenvalue weighted by Crippen LogP contribution is 2.32. The SMILES string of the molecule is Fc1ccc2nc(N3CC(F)(F)C3)oc2c1. The fourth-order valence-corrected chi connectivity index (χ4v) is 1.67. The molecule has 2 aromatic rings. The summed E-state index contributed by atoms with van der Waals surface area (Å²) >= 11 is 0. The smallest absolute Gasteiger partial charge is 0.298 e. The minimum Gasteiger partial charge on any atom is -0.423 e. The number of halogens is 3. The van der Waals surface area contributed by atoms with Gasteiger partial charge in [-0.3, -0.25) is 0 Å². The van der Waals surface area contributed by atoms with Crippen LogP contribution in [0.15, 0.2) is 22.6 Å². The Labute approximate surface area is 88.5 Å². The van der Waals surface area contributed by atoms with Gasteiger partial charge in [-0.05, 0) is 12.1 Å². The van der Waals surface area contributed by atoms with Gasteiger partial charge in [-0.2, -0.15) is 4.98 Å². The molecule has 0 radical (unpaired) electrons. The zero-order chi connectivity index (χ0) is 11.3. The Kier molecular flexibility index (Phi) is 1.72. The number of fused-ring (bicyclic) bond motifs is 1. The van der Waals surface area contributed by atoms with Gasteiger partial charge in [0.05, 0.1) is 13.1 Å². The highest BCUT2D eigenvalue weighted by Gasteiger charge is 2.45. The van der Waals surface area contributed by atoms with Crippen molar-refractivity contribution in [2.75, 3.05) is 18.0 Å². The third-order valence-corrected chi connectivity index (χ3v) is 2.45. The van der Waals surface area contributed by atoms with Crippen LogP contribution in [-0.4, -0.2) is 24.0 Å². The van der Waals surface area contributed by atoms with Crippen molar-refractivity contribution in [1.82, 2.24) is 4.98 Å². The number of benzene rings is 1. The molecule has 3 rings (SSSR count). The summed E-state index contributed by atoms with van der Waals surface area (Å²) in [7, 11) is 0. The Morgan fingerprint density at radius 1 is 1.31 bits per heavy atom. The standard InChI is InChI=1S/C10H7F3N2O/c11-6-1-2-7-8(3-6)16-9(14-7)15-4-10(12,13)5-15/h1-3H,4-5H2. The van der Waals surface area contributed by atoms with Gasteiger partial charge in [0.15, 0.2) is 5.58 Å². The molecule has 1 fully saturated rings. The molecule has 0 amide bonds. The van der Waals surface area contributed by atoms with Gasteiger partial charge in [-0.1, -0.05) is 0 Å². The van der Waals surface area contributed by atoms with E-state index in [2.05, 4.69) is 4.98 Å². The molecule has 2 heterocycles. The van der Waals surface area contributed by atoms with Crippen molar-refractivity contribution in [1.29, 1.82) is 0 Å². The van der Waals surface area contributed by atoms with Gasteiger partial charge in [-0.25, -0.2) is 13.2 Å². The van der Waals surface area contributed by atoms with Crippen molar-refractivity contribution in [3.05, 3.63) is 24.0 Å². The lowest BCUT2D eigenvalue weighted by Crippen LogP contribution is -2.56. The minimum absolute atomic E-state index is 0.117. The molecule has 0 spiro atoms. The molecule has 16 heavy (non-hydrogen) atoms. The second-order valence-electron chi connectivity index (χ2n) is 3.82. The van der Waals surface area contributed by atoms with Gasteiger partial charge < -0.3 is 9.32 Å². The zero-order valence-corrected chi connectivity index (χ0v) is 8.08. The molecular formula is C10H7F3N2O. The van der Waals surface area contributed by atoms with Crippen molar-refractivity contribution in [3.63, 3.8) is 0 Å². The van der Waals surface area contributed by atoms with Crippen molar-refractivity contribution in [2.45, 2.75) is 5.92 Å². The Morgan fingerprint density at radius 2 is 2.06 bits per heavy atom. The van der Waals surface area contributed by atoms with Crippen molar-refractivity contribution in [2.24, 2.45) is 0 Å². The van der Waals surface area contributed by atoms with Gasteiger partial charge in [-0.15, -0.1) is 0 Å². The van der Waals surface area contributed by atoms with Crippen LogP contribution in [0.3, 0.4) is 0 Å². The van der Waals surface area contributed by atoms with Crippen LogP contribution in [0.5, 0.6) is 0 Å². The van der Waals surface area contributed by atoms with Crippen molar-refractivity contribution >= 4 is 17.1 Å². The predicted octanol–water partition coefficient (Wildman–Crippen LogP) is 2.42. The third-order valence-electron chi connectivity index (χ3n) is 2.45. The van der Waals surface area contributed by atoms with E-state index in [1.165, 1.54) is 23.1 Å². The quantitative estimate of drug-likeness (QED) is 0.750. The first kappa shape index (κ1) is 9.50. The molecule has 84 valence electrons. The average molecular weight is 228 g/mol. The molecule has 0 bridgehead atoms. The summed E-state index contributed by atoms with van der Waals surface area (Å²) in [5.74, 6) is -3.12. The van der Waals surface area contributed by atoms with Crippen LogP contribution in [0, 0.1) is 5.82 Å². The zero-order valence-electron chi connectivity index (χ0n) is 8.08. The van der Waals surface area contributed by atoms with E-state index in [-0.39, 0.29) is 11.6 Å². The van der Waals surface area contributed by atoms with Crippen molar-refractivity contribution < 1.29 is 17.6 Å². The fourth-order valence-electron chi connectivity index (χ4n) is 1.67. The van der Waals surface area contributed by atoms with Crippen molar-refractivity contribution in [3.8, 4) is 0 Å². The van der Waals surface area contributed by atoms with Gasteiger partial charge in [0.1, 0.15) is 11.3 Å². The molecule has 1 aliphatic heterocycles. The molecule has 1 aliphatic rings. The molecule has 0 atom stereocenters. The maximum atomic E-state index is 12.8. The number of oxazole rings is 1. The first-order valence-electron chi connectivity index (χ1n) is 4.72. The number of hydrogen-bond acceptors (Lipinski definition) is 3. The normalized spacial score (nSPS) is 18.8. The lowest BCUT2D eigenvalue weighted by atomic mass is 10.2. The summed E-state index contributed by atoms with van der Waals surface area (Å²) in [5, 5.41) is 0. The van der Waals surface area contributed by atoms with E-state index in [4.69, 9.17) is 4.42 Å². The molecule has 0 saturated carbocycles. The second kappa shape index (κ2) is 2.90. The number of anilines is 1.